The van der Waals surface area contributed by atoms with Crippen molar-refractivity contribution < 1.29 is 66.4 Å². The number of fused-ring (bicyclic) bond motifs is 5. The average Bonchev–Trinajstić information content (AvgIpc) is 3.82. The molecule has 13 atom stereocenters. The van der Waals surface area contributed by atoms with Gasteiger partial charge in [0.25, 0.3) is 5.67 Å². The predicted octanol–water partition coefficient (Wildman–Crippen LogP) is 9.29. The van der Waals surface area contributed by atoms with E-state index in [1.807, 2.05) is 59.7 Å². The van der Waals surface area contributed by atoms with Crippen LogP contribution in [0.25, 0.3) is 10.6 Å². The number of carbonyl (C=O) groups is 3. The highest BCUT2D eigenvalue weighted by atomic mass is 32.1. The number of aliphatic imine (C=N–C) groups is 1. The van der Waals surface area contributed by atoms with E-state index >= 15 is 4.39 Å². The molecular formula is C53H84FN6O13PS. The van der Waals surface area contributed by atoms with Crippen molar-refractivity contribution in [2.24, 2.45) is 33.8 Å². The SMILES string of the molecule is CCCCOP(=O)(Nc1csc(-c2ccc(CO/N=C3\CC[C@@H]4[C@@H](C)C(=NC(=O)CC)[C@H](C)C[C@@](C)(OC3)[C@H](O[C@@H]3O[C@H](C)C[C@H](N(C)C)[C@H]3O)[C@@H](C)C(=O)[C@](C)(F)C(=O)O[C@H](CC)[C@@]4(C)O)nc2)n1)OCCCC. The van der Waals surface area contributed by atoms with E-state index in [4.69, 9.17) is 32.8 Å². The number of pyridine rings is 1. The van der Waals surface area contributed by atoms with E-state index in [2.05, 4.69) is 25.2 Å². The fraction of sp³-hybridized carbons (Fsp3) is 0.755. The topological polar surface area (TPSA) is 239 Å². The van der Waals surface area contributed by atoms with Crippen LogP contribution < -0.4 is 5.09 Å². The number of anilines is 1. The zero-order valence-corrected chi connectivity index (χ0v) is 48.0. The highest BCUT2D eigenvalue weighted by Gasteiger charge is 2.56. The summed E-state index contributed by atoms with van der Waals surface area (Å²) in [4.78, 5) is 63.8. The number of Topliss-reactive ketones (excluding diaryl/α,β-unsaturated/α-hetero) is 1. The number of likely N-dealkylation sites (N-methyl/N-ethyl adjacent to an activating group) is 1. The molecule has 0 saturated carbocycles. The van der Waals surface area contributed by atoms with Gasteiger partial charge in [0.2, 0.25) is 5.91 Å². The maximum Gasteiger partial charge on any atom is 0.433 e. The number of halogens is 1. The van der Waals surface area contributed by atoms with Crippen LogP contribution in [0.1, 0.15) is 146 Å². The van der Waals surface area contributed by atoms with Gasteiger partial charge in [0.05, 0.1) is 49.0 Å². The van der Waals surface area contributed by atoms with E-state index in [0.717, 1.165) is 32.6 Å². The summed E-state index contributed by atoms with van der Waals surface area (Å²) in [6.45, 7) is 18.8. The number of hydrogen-bond donors (Lipinski definition) is 3. The van der Waals surface area contributed by atoms with E-state index in [9.17, 15) is 29.2 Å². The van der Waals surface area contributed by atoms with Gasteiger partial charge in [-0.25, -0.2) is 23.7 Å². The van der Waals surface area contributed by atoms with Crippen LogP contribution in [0.4, 0.5) is 10.2 Å². The van der Waals surface area contributed by atoms with E-state index in [1.54, 1.807) is 38.4 Å². The third-order valence-electron chi connectivity index (χ3n) is 14.8. The second-order valence-corrected chi connectivity index (χ2v) is 23.8. The lowest BCUT2D eigenvalue weighted by molar-refractivity contribution is -0.296. The number of cyclic esters (lactones) is 1. The predicted molar refractivity (Wildman–Crippen MR) is 285 cm³/mol. The number of aliphatic hydroxyl groups is 2. The van der Waals surface area contributed by atoms with Gasteiger partial charge in [-0.05, 0) is 111 Å². The average molecular weight is 1100 g/mol. The molecule has 0 spiro atoms. The molecule has 2 bridgehead atoms. The maximum atomic E-state index is 17.1. The molecular weight excluding hydrogens is 1010 g/mol. The highest BCUT2D eigenvalue weighted by Crippen LogP contribution is 2.49. The largest absolute Gasteiger partial charge is 0.457 e. The lowest BCUT2D eigenvalue weighted by atomic mass is 9.68. The molecule has 422 valence electrons. The van der Waals surface area contributed by atoms with Crippen molar-refractivity contribution in [3.8, 4) is 10.6 Å². The minimum atomic E-state index is -3.66. The normalized spacial score (nSPS) is 33.7. The van der Waals surface area contributed by atoms with Crippen LogP contribution in [0.2, 0.25) is 0 Å². The number of carbonyl (C=O) groups excluding carboxylic acids is 3. The summed E-state index contributed by atoms with van der Waals surface area (Å²) in [7, 11) is -0.00972. The first kappa shape index (κ1) is 62.2. The number of hydrogen-bond acceptors (Lipinski definition) is 18. The molecule has 2 aromatic rings. The molecule has 0 unspecified atom stereocenters. The zero-order chi connectivity index (χ0) is 55.5. The Kier molecular flexibility index (Phi) is 22.6. The smallest absolute Gasteiger partial charge is 0.433 e. The molecule has 19 nitrogen and oxygen atoms in total. The molecule has 3 aliphatic heterocycles. The molecule has 2 aromatic heterocycles. The Morgan fingerprint density at radius 2 is 1.72 bits per heavy atom. The zero-order valence-electron chi connectivity index (χ0n) is 46.3. The third-order valence-corrected chi connectivity index (χ3v) is 17.2. The minimum absolute atomic E-state index is 0.0320. The summed E-state index contributed by atoms with van der Waals surface area (Å²) >= 11 is 1.33. The molecule has 0 aromatic carbocycles. The molecule has 1 amide bonds. The Balaban J connectivity index is 1.54. The summed E-state index contributed by atoms with van der Waals surface area (Å²) in [5, 5.41) is 34.3. The van der Waals surface area contributed by atoms with Gasteiger partial charge in [0, 0.05) is 47.2 Å². The quantitative estimate of drug-likeness (QED) is 0.0390. The third kappa shape index (κ3) is 15.8. The van der Waals surface area contributed by atoms with E-state index in [-0.39, 0.29) is 64.4 Å². The van der Waals surface area contributed by atoms with Gasteiger partial charge in [0.15, 0.2) is 18.7 Å². The van der Waals surface area contributed by atoms with E-state index in [0.29, 0.717) is 39.9 Å². The second kappa shape index (κ2) is 27.3. The van der Waals surface area contributed by atoms with Gasteiger partial charge in [-0.15, -0.1) is 11.3 Å². The van der Waals surface area contributed by atoms with Crippen molar-refractivity contribution in [1.29, 1.82) is 0 Å². The number of amides is 1. The number of ketones is 1. The molecule has 22 heteroatoms. The van der Waals surface area contributed by atoms with Crippen LogP contribution in [0.3, 0.4) is 0 Å². The van der Waals surface area contributed by atoms with Gasteiger partial charge >= 0.3 is 13.7 Å². The van der Waals surface area contributed by atoms with Gasteiger partial charge in [-0.2, -0.15) is 0 Å². The maximum absolute atomic E-state index is 17.1. The van der Waals surface area contributed by atoms with Gasteiger partial charge < -0.3 is 38.9 Å². The monoisotopic (exact) mass is 1090 g/mol. The summed E-state index contributed by atoms with van der Waals surface area (Å²) < 4.78 is 67.8. The summed E-state index contributed by atoms with van der Waals surface area (Å²) in [5.74, 6) is -6.12. The first-order chi connectivity index (χ1) is 35.3. The van der Waals surface area contributed by atoms with Gasteiger partial charge in [-0.1, -0.05) is 66.5 Å². The number of esters is 1. The lowest BCUT2D eigenvalue weighted by Crippen LogP contribution is -2.61. The molecule has 0 aliphatic carbocycles. The Labute approximate surface area is 447 Å². The van der Waals surface area contributed by atoms with Crippen LogP contribution in [-0.4, -0.2) is 142 Å². The second-order valence-electron chi connectivity index (χ2n) is 21.2. The van der Waals surface area contributed by atoms with Gasteiger partial charge in [-0.3, -0.25) is 28.7 Å². The van der Waals surface area contributed by atoms with Crippen LogP contribution in [0, 0.1) is 23.7 Å². The Bertz CT molecular complexity index is 2300. The molecule has 0 radical (unpaired) electrons. The van der Waals surface area contributed by atoms with Crippen LogP contribution in [0.15, 0.2) is 33.9 Å². The van der Waals surface area contributed by atoms with Crippen molar-refractivity contribution in [1.82, 2.24) is 14.9 Å². The molecule has 3 aliphatic rings. The fourth-order valence-corrected chi connectivity index (χ4v) is 12.5. The van der Waals surface area contributed by atoms with Crippen molar-refractivity contribution in [2.45, 2.75) is 201 Å². The number of ether oxygens (including phenoxy) is 4. The van der Waals surface area contributed by atoms with Gasteiger partial charge in [0.1, 0.15) is 28.6 Å². The Morgan fingerprint density at radius 3 is 2.32 bits per heavy atom. The number of alkyl halides is 1. The van der Waals surface area contributed by atoms with Crippen molar-refractivity contribution in [2.75, 3.05) is 39.0 Å². The first-order valence-corrected chi connectivity index (χ1v) is 29.1. The number of unbranched alkanes of at least 4 members (excludes halogenated alkanes) is 2. The number of nitrogens with zero attached hydrogens (tertiary/aromatic N) is 5. The molecule has 75 heavy (non-hydrogen) atoms. The number of oxime groups is 1. The van der Waals surface area contributed by atoms with Crippen molar-refractivity contribution in [3.63, 3.8) is 0 Å². The Morgan fingerprint density at radius 1 is 1.04 bits per heavy atom. The van der Waals surface area contributed by atoms with Crippen molar-refractivity contribution >= 4 is 54.0 Å². The number of rotatable bonds is 19. The first-order valence-electron chi connectivity index (χ1n) is 26.7. The fourth-order valence-electron chi connectivity index (χ4n) is 10.4. The summed E-state index contributed by atoms with van der Waals surface area (Å²) in [6, 6.07) is 3.19. The Hall–Kier alpha value is -3.63. The molecule has 5 heterocycles. The van der Waals surface area contributed by atoms with E-state index < -0.39 is 96.8 Å². The van der Waals surface area contributed by atoms with Crippen LogP contribution >= 0.6 is 19.1 Å². The molecule has 3 saturated heterocycles. The van der Waals surface area contributed by atoms with Crippen LogP contribution in [-0.2, 0) is 58.4 Å². The minimum Gasteiger partial charge on any atom is -0.457 e. The van der Waals surface area contributed by atoms with Crippen molar-refractivity contribution in [3.05, 3.63) is 29.4 Å². The molecule has 3 fully saturated rings. The highest BCUT2D eigenvalue weighted by molar-refractivity contribution is 7.55. The number of nitrogens with one attached hydrogen (secondary N) is 1. The summed E-state index contributed by atoms with van der Waals surface area (Å²) in [5.41, 5.74) is -4.57. The van der Waals surface area contributed by atoms with E-state index in [1.165, 1.54) is 25.2 Å². The molecule has 3 N–H and O–H groups in total. The lowest BCUT2D eigenvalue weighted by Gasteiger charge is -2.48. The number of aromatic nitrogens is 2. The summed E-state index contributed by atoms with van der Waals surface area (Å²) in [6.07, 6.45) is 0.223. The number of aliphatic hydroxyl groups excluding tert-OH is 1. The molecule has 5 rings (SSSR count). The standard InChI is InChI=1S/C53H84FN6O13PS/c1-14-18-24-69-74(66,70-25-19-15-2)59-42-31-75-48(56-42)36-20-21-37(55-28-36)30-68-58-38-22-23-39-34(7)44(57-43(61)17-4)32(5)27-51(9,67-29-38)47(73-49-45(62)40(60(12)13)26-33(6)71-49)35(8)46(63)52(10,54)50(64)72-41(16-3)53(39,11)65/h20-21,28,31-35,39-41,45,47,49,62,65H,14-19,22-27,29-30H2,1-13H3,(H,59,66)/b57-44?,58-38+/t32-,33-,34-,35+,39-,40+,41-,45-,47-,49+,51-,52+,53+/m1/s1. The van der Waals surface area contributed by atoms with Crippen LogP contribution in [0.5, 0.6) is 0 Å². The number of thiazole rings is 1.